The Hall–Kier alpha value is -3.63. The van der Waals surface area contributed by atoms with Gasteiger partial charge in [-0.05, 0) is 56.1 Å². The van der Waals surface area contributed by atoms with Crippen LogP contribution in [0.1, 0.15) is 22.3 Å². The van der Waals surface area contributed by atoms with Gasteiger partial charge in [-0.3, -0.25) is 28.9 Å². The fourth-order valence-corrected chi connectivity index (χ4v) is 6.29. The lowest BCUT2D eigenvalue weighted by molar-refractivity contribution is -0.181. The molecule has 35 heavy (non-hydrogen) atoms. The van der Waals surface area contributed by atoms with Crippen LogP contribution >= 0.6 is 0 Å². The average molecular weight is 480 g/mol. The van der Waals surface area contributed by atoms with Crippen molar-refractivity contribution in [3.05, 3.63) is 41.9 Å². The maximum atomic E-state index is 13.7. The normalized spacial score (nSPS) is 32.3. The van der Waals surface area contributed by atoms with Crippen LogP contribution in [0.25, 0.3) is 11.1 Å². The molecule has 2 saturated carbocycles. The Labute approximate surface area is 199 Å². The largest absolute Gasteiger partial charge is 0.507 e. The Morgan fingerprint density at radius 3 is 2.46 bits per heavy atom. The number of ketones is 4. The molecule has 4 N–H and O–H groups in total. The zero-order valence-electron chi connectivity index (χ0n) is 19.1. The van der Waals surface area contributed by atoms with E-state index in [0.717, 1.165) is 0 Å². The first kappa shape index (κ1) is 23.1. The predicted molar refractivity (Wildman–Crippen MR) is 119 cm³/mol. The Balaban J connectivity index is 1.67. The molecule has 10 heteroatoms. The number of fused-ring (bicyclic) bond motifs is 3. The van der Waals surface area contributed by atoms with Gasteiger partial charge in [0.2, 0.25) is 5.91 Å². The minimum absolute atomic E-state index is 0.00434. The number of hydrogen-bond donors (Lipinski definition) is 3. The Kier molecular flexibility index (Phi) is 5.08. The van der Waals surface area contributed by atoms with Crippen LogP contribution in [-0.2, 0) is 25.6 Å². The summed E-state index contributed by atoms with van der Waals surface area (Å²) < 4.78 is 5.17. The third kappa shape index (κ3) is 2.99. The van der Waals surface area contributed by atoms with Crippen molar-refractivity contribution in [2.45, 2.75) is 24.5 Å². The molecule has 3 aliphatic rings. The van der Waals surface area contributed by atoms with E-state index in [1.807, 2.05) is 0 Å². The van der Waals surface area contributed by atoms with E-state index in [1.165, 1.54) is 23.5 Å². The van der Waals surface area contributed by atoms with E-state index in [2.05, 4.69) is 0 Å². The van der Waals surface area contributed by atoms with Crippen molar-refractivity contribution in [1.82, 2.24) is 4.90 Å². The number of phenols is 1. The lowest BCUT2D eigenvalue weighted by atomic mass is 9.52. The highest BCUT2D eigenvalue weighted by molar-refractivity contribution is 6.32. The zero-order chi connectivity index (χ0) is 25.4. The summed E-state index contributed by atoms with van der Waals surface area (Å²) >= 11 is 0. The average Bonchev–Trinajstić information content (AvgIpc) is 3.30. The standard InChI is InChI=1S/C25H24N2O8/c1-27(2)19-14-8-11-7-13-12(10-5-6-35-9-10)3-4-15(28)17(13)20(29)16(11)22(31)25(14,34)23(32)18(21(19)30)24(26)33/h3-6,9,11,14,16,18-19,28,34H,7-8H2,1-2H3,(H2,26,33)/t11-,14-,16?,18?,19-,25-/m0/s1. The Morgan fingerprint density at radius 1 is 1.14 bits per heavy atom. The van der Waals surface area contributed by atoms with Gasteiger partial charge in [0.1, 0.15) is 5.75 Å². The number of furan rings is 1. The topological polar surface area (TPSA) is 168 Å². The number of rotatable bonds is 3. The molecule has 10 nitrogen and oxygen atoms in total. The smallest absolute Gasteiger partial charge is 0.235 e. The molecule has 5 rings (SSSR count). The lowest BCUT2D eigenvalue weighted by Crippen LogP contribution is -2.74. The van der Waals surface area contributed by atoms with Crippen molar-refractivity contribution in [3.63, 3.8) is 0 Å². The number of aliphatic hydroxyl groups is 1. The van der Waals surface area contributed by atoms with E-state index < -0.39 is 64.4 Å². The van der Waals surface area contributed by atoms with Crippen LogP contribution in [0, 0.1) is 23.7 Å². The number of amides is 1. The van der Waals surface area contributed by atoms with Crippen LogP contribution in [0.5, 0.6) is 5.75 Å². The third-order valence-electron chi connectivity index (χ3n) is 7.78. The number of phenolic OH excluding ortho intramolecular Hbond substituents is 1. The van der Waals surface area contributed by atoms with E-state index in [1.54, 1.807) is 26.2 Å². The van der Waals surface area contributed by atoms with Crippen LogP contribution in [0.2, 0.25) is 0 Å². The summed E-state index contributed by atoms with van der Waals surface area (Å²) in [4.78, 5) is 67.2. The van der Waals surface area contributed by atoms with Gasteiger partial charge in [-0.2, -0.15) is 0 Å². The number of benzene rings is 1. The second-order valence-corrected chi connectivity index (χ2v) is 9.79. The van der Waals surface area contributed by atoms with Crippen LogP contribution in [-0.4, -0.2) is 69.9 Å². The number of Topliss-reactive ketones (excluding diaryl/α,β-unsaturated/α-hetero) is 4. The molecule has 1 heterocycles. The quantitative estimate of drug-likeness (QED) is 0.517. The van der Waals surface area contributed by atoms with Crippen LogP contribution in [0.4, 0.5) is 0 Å². The predicted octanol–water partition coefficient (Wildman–Crippen LogP) is 0.127. The minimum Gasteiger partial charge on any atom is -0.507 e. The van der Waals surface area contributed by atoms with E-state index in [-0.39, 0.29) is 24.2 Å². The van der Waals surface area contributed by atoms with Gasteiger partial charge in [-0.25, -0.2) is 0 Å². The highest BCUT2D eigenvalue weighted by Crippen LogP contribution is 2.51. The van der Waals surface area contributed by atoms with Gasteiger partial charge in [0.15, 0.2) is 34.7 Å². The summed E-state index contributed by atoms with van der Waals surface area (Å²) in [7, 11) is 3.09. The number of hydrogen-bond acceptors (Lipinski definition) is 9. The number of carbonyl (C=O) groups excluding carboxylic acids is 5. The molecule has 6 atom stereocenters. The van der Waals surface area contributed by atoms with Crippen molar-refractivity contribution in [1.29, 1.82) is 0 Å². The summed E-state index contributed by atoms with van der Waals surface area (Å²) in [5.41, 5.74) is 4.41. The van der Waals surface area contributed by atoms with Crippen molar-refractivity contribution in [2.75, 3.05) is 14.1 Å². The first-order valence-corrected chi connectivity index (χ1v) is 11.2. The van der Waals surface area contributed by atoms with Crippen LogP contribution < -0.4 is 5.73 Å². The number of likely N-dealkylation sites (N-methyl/N-ethyl adjacent to an activating group) is 1. The molecule has 2 fully saturated rings. The molecular weight excluding hydrogens is 456 g/mol. The van der Waals surface area contributed by atoms with Gasteiger partial charge >= 0.3 is 0 Å². The fourth-order valence-electron chi connectivity index (χ4n) is 6.29. The molecule has 2 unspecified atom stereocenters. The first-order valence-electron chi connectivity index (χ1n) is 11.2. The summed E-state index contributed by atoms with van der Waals surface area (Å²) in [6.45, 7) is 0. The van der Waals surface area contributed by atoms with Gasteiger partial charge in [0, 0.05) is 11.5 Å². The summed E-state index contributed by atoms with van der Waals surface area (Å²) in [5, 5.41) is 22.1. The van der Waals surface area contributed by atoms with Crippen molar-refractivity contribution < 1.29 is 38.6 Å². The van der Waals surface area contributed by atoms with Gasteiger partial charge in [0.05, 0.1) is 30.0 Å². The summed E-state index contributed by atoms with van der Waals surface area (Å²) in [5.74, 6) is -10.6. The van der Waals surface area contributed by atoms with Gasteiger partial charge < -0.3 is 20.4 Å². The minimum atomic E-state index is -2.73. The number of carbonyl (C=O) groups is 5. The zero-order valence-corrected chi connectivity index (χ0v) is 19.1. The van der Waals surface area contributed by atoms with E-state index in [0.29, 0.717) is 16.7 Å². The molecule has 1 aromatic carbocycles. The van der Waals surface area contributed by atoms with Crippen LogP contribution in [0.15, 0.2) is 35.1 Å². The molecule has 1 amide bonds. The van der Waals surface area contributed by atoms with E-state index >= 15 is 0 Å². The lowest BCUT2D eigenvalue weighted by Gasteiger charge is -2.52. The van der Waals surface area contributed by atoms with Gasteiger partial charge in [-0.1, -0.05) is 6.07 Å². The summed E-state index contributed by atoms with van der Waals surface area (Å²) in [6, 6.07) is 3.58. The second kappa shape index (κ2) is 7.69. The SMILES string of the molecule is CN(C)[C@@H]1C(=O)C(C(N)=O)C(=O)[C@@]2(O)C(=O)C3C(=O)c4c(O)ccc(-c5ccoc5)c4C[C@H]3C[C@@H]12. The Morgan fingerprint density at radius 2 is 1.86 bits per heavy atom. The molecule has 0 bridgehead atoms. The molecule has 3 aliphatic carbocycles. The highest BCUT2D eigenvalue weighted by Gasteiger charge is 2.69. The molecule has 0 spiro atoms. The number of nitrogens with two attached hydrogens (primary N) is 1. The number of nitrogens with zero attached hydrogens (tertiary/aromatic N) is 1. The van der Waals surface area contributed by atoms with E-state index in [9.17, 15) is 34.2 Å². The van der Waals surface area contributed by atoms with Crippen LogP contribution in [0.3, 0.4) is 0 Å². The summed E-state index contributed by atoms with van der Waals surface area (Å²) in [6.07, 6.45) is 3.17. The van der Waals surface area contributed by atoms with Gasteiger partial charge in [0.25, 0.3) is 0 Å². The molecule has 2 aromatic rings. The maximum absolute atomic E-state index is 13.7. The molecule has 0 saturated heterocycles. The monoisotopic (exact) mass is 480 g/mol. The van der Waals surface area contributed by atoms with Crippen molar-refractivity contribution in [2.24, 2.45) is 29.4 Å². The number of aromatic hydroxyl groups is 1. The third-order valence-corrected chi connectivity index (χ3v) is 7.78. The van der Waals surface area contributed by atoms with E-state index in [4.69, 9.17) is 10.2 Å². The Bertz CT molecular complexity index is 1300. The van der Waals surface area contributed by atoms with Crippen molar-refractivity contribution >= 4 is 29.0 Å². The van der Waals surface area contributed by atoms with Gasteiger partial charge in [-0.15, -0.1) is 0 Å². The highest BCUT2D eigenvalue weighted by atomic mass is 16.3. The maximum Gasteiger partial charge on any atom is 0.235 e. The number of primary amides is 1. The molecule has 0 aliphatic heterocycles. The second-order valence-electron chi connectivity index (χ2n) is 9.79. The molecular formula is C25H24N2O8. The first-order chi connectivity index (χ1) is 16.5. The fraction of sp³-hybridized carbons (Fsp3) is 0.400. The molecule has 1 aromatic heterocycles. The molecule has 0 radical (unpaired) electrons. The van der Waals surface area contributed by atoms with Crippen molar-refractivity contribution in [3.8, 4) is 16.9 Å². The molecule has 182 valence electrons.